The summed E-state index contributed by atoms with van der Waals surface area (Å²) in [5, 5.41) is 7.27. The minimum absolute atomic E-state index is 0.0966. The van der Waals surface area contributed by atoms with Crippen LogP contribution in [0.15, 0.2) is 72.8 Å². The molecule has 0 radical (unpaired) electrons. The first-order valence-electron chi connectivity index (χ1n) is 15.3. The quantitative estimate of drug-likeness (QED) is 0.286. The van der Waals surface area contributed by atoms with Crippen LogP contribution < -0.4 is 31.2 Å². The van der Waals surface area contributed by atoms with Crippen molar-refractivity contribution < 1.29 is 47.0 Å². The highest BCUT2D eigenvalue weighted by Crippen LogP contribution is 2.33. The molecule has 0 unspecified atom stereocenters. The van der Waals surface area contributed by atoms with Gasteiger partial charge in [-0.2, -0.15) is 0 Å². The zero-order chi connectivity index (χ0) is 34.8. The molecule has 236 valence electrons. The molecule has 0 fully saturated rings. The molecular weight excluding hydrogens is 584 g/mol. The monoisotopic (exact) mass is 621 g/mol. The second-order valence-corrected chi connectivity index (χ2v) is 10.1. The molecule has 2 aliphatic rings. The number of carbonyl (C=O) groups is 5. The van der Waals surface area contributed by atoms with E-state index >= 15 is 0 Å². The fourth-order valence-electron chi connectivity index (χ4n) is 4.56. The Balaban J connectivity index is 1.71. The number of amides is 4. The van der Waals surface area contributed by atoms with Crippen LogP contribution in [-0.2, 0) is 48.1 Å². The minimum Gasteiger partial charge on any atom is -0.493 e. The van der Waals surface area contributed by atoms with E-state index in [9.17, 15) is 24.0 Å². The topological polar surface area (TPSA) is 184 Å². The van der Waals surface area contributed by atoms with Gasteiger partial charge in [0, 0.05) is 12.8 Å². The molecule has 5 rings (SSSR count). The van der Waals surface area contributed by atoms with Gasteiger partial charge in [-0.05, 0) is 41.0 Å². The van der Waals surface area contributed by atoms with Crippen LogP contribution in [0.2, 0.25) is 0 Å². The maximum Gasteiger partial charge on any atom is 0.408 e. The molecule has 4 bridgehead atoms. The van der Waals surface area contributed by atoms with E-state index in [1.54, 1.807) is 72.8 Å². The van der Waals surface area contributed by atoms with E-state index < -0.39 is 61.4 Å². The second-order valence-electron chi connectivity index (χ2n) is 10.1. The number of primary amides is 1. The van der Waals surface area contributed by atoms with Crippen molar-refractivity contribution in [3.05, 3.63) is 89.5 Å². The van der Waals surface area contributed by atoms with Gasteiger partial charge in [-0.3, -0.25) is 14.4 Å². The number of rotatable bonds is 7. The highest BCUT2D eigenvalue weighted by Gasteiger charge is 2.32. The van der Waals surface area contributed by atoms with Crippen LogP contribution in [0.25, 0.3) is 0 Å². The molecule has 0 saturated carbocycles. The summed E-state index contributed by atoms with van der Waals surface area (Å²) in [6.07, 6.45) is -2.00. The Morgan fingerprint density at radius 2 is 1.71 bits per heavy atom. The predicted octanol–water partition coefficient (Wildman–Crippen LogP) is 1.90. The van der Waals surface area contributed by atoms with Crippen molar-refractivity contribution in [1.29, 1.82) is 0 Å². The lowest BCUT2D eigenvalue weighted by Crippen LogP contribution is -2.57. The number of nitrogens with one attached hydrogen (secondary N) is 3. The number of carbonyl (C=O) groups excluding carboxylic acids is 5. The largest absolute Gasteiger partial charge is 0.493 e. The van der Waals surface area contributed by atoms with Gasteiger partial charge in [-0.15, -0.1) is 0 Å². The summed E-state index contributed by atoms with van der Waals surface area (Å²) < 4.78 is 43.3. The molecular formula is C32H34N4O9. The minimum atomic E-state index is -3.12. The van der Waals surface area contributed by atoms with Gasteiger partial charge in [0.2, 0.25) is 17.7 Å². The number of methoxy groups -OCH3 is 2. The third-order valence-electron chi connectivity index (χ3n) is 6.82. The Bertz CT molecular complexity index is 1640. The van der Waals surface area contributed by atoms with Crippen LogP contribution in [-0.4, -0.2) is 62.1 Å². The van der Waals surface area contributed by atoms with E-state index in [1.165, 1.54) is 7.11 Å². The zero-order valence-corrected chi connectivity index (χ0v) is 24.2. The summed E-state index contributed by atoms with van der Waals surface area (Å²) in [5.41, 5.74) is 7.07. The first-order chi connectivity index (χ1) is 22.8. The van der Waals surface area contributed by atoms with Gasteiger partial charge >= 0.3 is 12.1 Å². The van der Waals surface area contributed by atoms with Gasteiger partial charge in [0.05, 0.1) is 24.7 Å². The Hall–Kier alpha value is -5.59. The molecule has 0 saturated heterocycles. The normalized spacial score (nSPS) is 19.6. The Labute approximate surface area is 263 Å². The van der Waals surface area contributed by atoms with Gasteiger partial charge in [-0.25, -0.2) is 9.59 Å². The Morgan fingerprint density at radius 3 is 2.40 bits per heavy atom. The van der Waals surface area contributed by atoms with Gasteiger partial charge in [-0.1, -0.05) is 48.5 Å². The van der Waals surface area contributed by atoms with E-state index in [2.05, 4.69) is 20.7 Å². The molecule has 3 aromatic rings. The third-order valence-corrected chi connectivity index (χ3v) is 6.82. The van der Waals surface area contributed by atoms with Gasteiger partial charge in [0.25, 0.3) is 0 Å². The lowest BCUT2D eigenvalue weighted by molar-refractivity contribution is -0.145. The number of benzene rings is 3. The highest BCUT2D eigenvalue weighted by molar-refractivity contribution is 5.95. The predicted molar refractivity (Wildman–Crippen MR) is 160 cm³/mol. The fourth-order valence-corrected chi connectivity index (χ4v) is 4.56. The third kappa shape index (κ3) is 9.20. The summed E-state index contributed by atoms with van der Waals surface area (Å²) in [6, 6.07) is 15.5. The molecule has 3 aromatic carbocycles. The Morgan fingerprint density at radius 1 is 0.978 bits per heavy atom. The molecule has 0 spiro atoms. The lowest BCUT2D eigenvalue weighted by atomic mass is 10.0. The summed E-state index contributed by atoms with van der Waals surface area (Å²) in [7, 11) is -1.67. The molecule has 0 aliphatic carbocycles. The molecule has 2 heterocycles. The first-order valence-corrected chi connectivity index (χ1v) is 13.8. The second kappa shape index (κ2) is 15.2. The molecule has 2 aliphatic heterocycles. The summed E-state index contributed by atoms with van der Waals surface area (Å²) in [5.74, 6) is -3.18. The fraction of sp³-hybridized carbons (Fsp3) is 0.281. The number of hydrogen-bond acceptors (Lipinski definition) is 9. The highest BCUT2D eigenvalue weighted by atomic mass is 16.5. The van der Waals surface area contributed by atoms with E-state index in [1.807, 2.05) is 0 Å². The van der Waals surface area contributed by atoms with E-state index in [0.717, 1.165) is 0 Å². The van der Waals surface area contributed by atoms with Crippen molar-refractivity contribution in [2.75, 3.05) is 14.1 Å². The molecule has 4 amide bonds. The van der Waals surface area contributed by atoms with Crippen molar-refractivity contribution in [2.45, 2.75) is 44.0 Å². The molecule has 5 N–H and O–H groups in total. The summed E-state index contributed by atoms with van der Waals surface area (Å²) in [4.78, 5) is 64.8. The zero-order valence-electron chi connectivity index (χ0n) is 27.2. The van der Waals surface area contributed by atoms with E-state index in [0.29, 0.717) is 28.2 Å². The van der Waals surface area contributed by atoms with Crippen LogP contribution in [0, 0.1) is 0 Å². The average Bonchev–Trinajstić information content (AvgIpc) is 3.03. The molecule has 45 heavy (non-hydrogen) atoms. The molecule has 0 aromatic heterocycles. The van der Waals surface area contributed by atoms with Crippen molar-refractivity contribution in [3.8, 4) is 17.2 Å². The SMILES string of the molecule is [2H]C([2H])([2H])OC(=O)[C@@H]1Cc2ccc(cc2)Oc2cc(ccc2OC)C[C@H](NC(=O)OCc2ccccc2)C(=O)N[C@@H](CC(N)=O)C(=O)N1. The number of hydrogen-bond donors (Lipinski definition) is 4. The summed E-state index contributed by atoms with van der Waals surface area (Å²) in [6.45, 7) is -0.0966. The van der Waals surface area contributed by atoms with Gasteiger partial charge < -0.3 is 40.6 Å². The smallest absolute Gasteiger partial charge is 0.408 e. The van der Waals surface area contributed by atoms with Gasteiger partial charge in [0.15, 0.2) is 11.5 Å². The van der Waals surface area contributed by atoms with Gasteiger partial charge in [0.1, 0.15) is 30.5 Å². The van der Waals surface area contributed by atoms with E-state index in [4.69, 9.17) is 24.1 Å². The number of esters is 1. The molecule has 13 heteroatoms. The average molecular weight is 622 g/mol. The number of alkyl carbamates (subject to hydrolysis) is 1. The van der Waals surface area contributed by atoms with Crippen LogP contribution >= 0.6 is 0 Å². The first kappa shape index (κ1) is 28.2. The number of nitrogens with two attached hydrogens (primary N) is 1. The van der Waals surface area contributed by atoms with Crippen molar-refractivity contribution in [2.24, 2.45) is 5.73 Å². The maximum absolute atomic E-state index is 13.7. The number of fused-ring (bicyclic) bond motifs is 10. The summed E-state index contributed by atoms with van der Waals surface area (Å²) >= 11 is 0. The lowest BCUT2D eigenvalue weighted by Gasteiger charge is -2.24. The van der Waals surface area contributed by atoms with Crippen LogP contribution in [0.5, 0.6) is 17.2 Å². The molecule has 13 nitrogen and oxygen atoms in total. The van der Waals surface area contributed by atoms with Crippen LogP contribution in [0.4, 0.5) is 4.79 Å². The maximum atomic E-state index is 13.7. The Kier molecular flexibility index (Phi) is 9.54. The van der Waals surface area contributed by atoms with Crippen molar-refractivity contribution >= 4 is 29.8 Å². The van der Waals surface area contributed by atoms with Crippen molar-refractivity contribution in [3.63, 3.8) is 0 Å². The van der Waals surface area contributed by atoms with Crippen LogP contribution in [0.1, 0.15) is 27.2 Å². The standard InChI is InChI=1S/C32H34N4O9/c1-42-26-13-10-21-15-23(36-32(41)44-18-20-6-4-3-5-7-20)29(38)34-24(17-28(33)37)30(39)35-25(31(40)43-2)14-19-8-11-22(12-9-19)45-27(26)16-21/h3-13,16,23-25H,14-15,17-18H2,1-2H3,(H2,33,37)(H,34,38)(H,35,39)(H,36,41)/t23-,24-,25-/m0/s1/i2D3. The number of ether oxygens (including phenoxy) is 4. The molecule has 3 atom stereocenters. The van der Waals surface area contributed by atoms with Crippen LogP contribution in [0.3, 0.4) is 0 Å². The van der Waals surface area contributed by atoms with Crippen molar-refractivity contribution in [1.82, 2.24) is 16.0 Å². The van der Waals surface area contributed by atoms with E-state index in [-0.39, 0.29) is 25.2 Å².